The first-order valence-corrected chi connectivity index (χ1v) is 15.3. The summed E-state index contributed by atoms with van der Waals surface area (Å²) < 4.78 is 0. The minimum Gasteiger partial charge on any atom is -0.480 e. The van der Waals surface area contributed by atoms with E-state index in [4.69, 9.17) is 5.73 Å². The number of carboxylic acid groups (broad SMARTS) is 1. The zero-order valence-electron chi connectivity index (χ0n) is 26.2. The zero-order valence-corrected chi connectivity index (χ0v) is 26.2. The number of fused-ring (bicyclic) bond motifs is 1. The Balaban J connectivity index is 1.44. The number of nitrogens with one attached hydrogen (secondary N) is 5. The van der Waals surface area contributed by atoms with Crippen LogP contribution >= 0.6 is 0 Å². The van der Waals surface area contributed by atoms with E-state index in [2.05, 4.69) is 26.3 Å². The quantitative estimate of drug-likeness (QED) is 0.102. The number of hydrogen-bond donors (Lipinski definition) is 7. The molecule has 4 amide bonds. The highest BCUT2D eigenvalue weighted by atomic mass is 16.4. The molecule has 0 saturated carbocycles. The topological polar surface area (TPSA) is 196 Å². The van der Waals surface area contributed by atoms with Gasteiger partial charge in [0.2, 0.25) is 23.6 Å². The van der Waals surface area contributed by atoms with Gasteiger partial charge < -0.3 is 37.1 Å². The van der Waals surface area contributed by atoms with Gasteiger partial charge in [-0.2, -0.15) is 0 Å². The number of aliphatic carboxylic acids is 1. The largest absolute Gasteiger partial charge is 0.480 e. The van der Waals surface area contributed by atoms with Gasteiger partial charge in [-0.15, -0.1) is 0 Å². The second-order valence-corrected chi connectivity index (χ2v) is 11.5. The molecule has 0 saturated heterocycles. The number of amides is 4. The molecule has 47 heavy (non-hydrogen) atoms. The van der Waals surface area contributed by atoms with E-state index in [1.54, 1.807) is 36.5 Å². The van der Waals surface area contributed by atoms with Crippen molar-refractivity contribution >= 4 is 40.5 Å². The molecule has 4 aromatic rings. The first-order chi connectivity index (χ1) is 22.5. The highest BCUT2D eigenvalue weighted by molar-refractivity contribution is 5.95. The number of rotatable bonds is 15. The zero-order chi connectivity index (χ0) is 33.9. The Labute approximate surface area is 272 Å². The van der Waals surface area contributed by atoms with E-state index in [1.807, 2.05) is 54.6 Å². The van der Waals surface area contributed by atoms with E-state index in [-0.39, 0.29) is 19.3 Å². The number of carboxylic acids is 1. The van der Waals surface area contributed by atoms with Gasteiger partial charge in [0.25, 0.3) is 0 Å². The number of aromatic amines is 1. The predicted molar refractivity (Wildman–Crippen MR) is 177 cm³/mol. The molecule has 12 nitrogen and oxygen atoms in total. The van der Waals surface area contributed by atoms with Gasteiger partial charge in [0.15, 0.2) is 0 Å². The molecular formula is C35H40N6O6. The van der Waals surface area contributed by atoms with Crippen molar-refractivity contribution in [3.05, 3.63) is 108 Å². The normalized spacial score (nSPS) is 14.2. The SMILES string of the molecule is C[C@H](NC(=O)[C@H](Cc1ccccc1)NC(=O)[C@H](C)NC(=O)[C@H](Cc1ccccc1)NC(=O)[C@@H](N)Cc1c[nH]c2ccccc12)C(=O)O. The van der Waals surface area contributed by atoms with Crippen molar-refractivity contribution in [2.24, 2.45) is 5.73 Å². The van der Waals surface area contributed by atoms with Crippen LogP contribution in [0.15, 0.2) is 91.1 Å². The lowest BCUT2D eigenvalue weighted by molar-refractivity contribution is -0.141. The number of hydrogen-bond acceptors (Lipinski definition) is 6. The average molecular weight is 641 g/mol. The number of nitrogens with two attached hydrogens (primary N) is 1. The van der Waals surface area contributed by atoms with Crippen LogP contribution in [0.4, 0.5) is 0 Å². The van der Waals surface area contributed by atoms with Gasteiger partial charge in [-0.3, -0.25) is 24.0 Å². The summed E-state index contributed by atoms with van der Waals surface area (Å²) in [7, 11) is 0. The van der Waals surface area contributed by atoms with Crippen molar-refractivity contribution < 1.29 is 29.1 Å². The Bertz CT molecular complexity index is 1690. The molecular weight excluding hydrogens is 600 g/mol. The fourth-order valence-corrected chi connectivity index (χ4v) is 5.08. The van der Waals surface area contributed by atoms with E-state index in [1.165, 1.54) is 13.8 Å². The van der Waals surface area contributed by atoms with Crippen LogP contribution in [0, 0.1) is 0 Å². The molecule has 246 valence electrons. The number of benzene rings is 3. The number of H-pyrrole nitrogens is 1. The molecule has 1 heterocycles. The second kappa shape index (κ2) is 16.2. The van der Waals surface area contributed by atoms with Crippen molar-refractivity contribution in [3.63, 3.8) is 0 Å². The van der Waals surface area contributed by atoms with E-state index in [0.29, 0.717) is 0 Å². The summed E-state index contributed by atoms with van der Waals surface area (Å²) in [6.45, 7) is 2.77. The third-order valence-corrected chi connectivity index (χ3v) is 7.76. The molecule has 0 fully saturated rings. The molecule has 8 N–H and O–H groups in total. The fraction of sp³-hybridized carbons (Fsp3) is 0.286. The lowest BCUT2D eigenvalue weighted by atomic mass is 10.0. The van der Waals surface area contributed by atoms with Crippen LogP contribution in [0.25, 0.3) is 10.9 Å². The first-order valence-electron chi connectivity index (χ1n) is 15.3. The maximum Gasteiger partial charge on any atom is 0.325 e. The third kappa shape index (κ3) is 9.75. The van der Waals surface area contributed by atoms with Gasteiger partial charge in [-0.1, -0.05) is 78.9 Å². The van der Waals surface area contributed by atoms with Crippen molar-refractivity contribution in [2.75, 3.05) is 0 Å². The Kier molecular flexibility index (Phi) is 11.8. The van der Waals surface area contributed by atoms with Crippen molar-refractivity contribution in [2.45, 2.75) is 63.3 Å². The van der Waals surface area contributed by atoms with E-state index in [9.17, 15) is 29.1 Å². The molecule has 1 aromatic heterocycles. The van der Waals surface area contributed by atoms with Crippen LogP contribution in [-0.2, 0) is 43.2 Å². The van der Waals surface area contributed by atoms with Crippen LogP contribution in [0.1, 0.15) is 30.5 Å². The summed E-state index contributed by atoms with van der Waals surface area (Å²) in [5.41, 5.74) is 9.60. The maximum atomic E-state index is 13.5. The predicted octanol–water partition coefficient (Wildman–Crippen LogP) is 1.59. The molecule has 0 aliphatic rings. The lowest BCUT2D eigenvalue weighted by Crippen LogP contribution is -2.58. The highest BCUT2D eigenvalue weighted by Gasteiger charge is 2.30. The average Bonchev–Trinajstić information content (AvgIpc) is 3.47. The van der Waals surface area contributed by atoms with Gasteiger partial charge in [0.05, 0.1) is 6.04 Å². The Morgan fingerprint density at radius 3 is 1.68 bits per heavy atom. The van der Waals surface area contributed by atoms with E-state index >= 15 is 0 Å². The Morgan fingerprint density at radius 1 is 0.638 bits per heavy atom. The van der Waals surface area contributed by atoms with Crippen LogP contribution in [-0.4, -0.2) is 69.9 Å². The maximum absolute atomic E-state index is 13.5. The summed E-state index contributed by atoms with van der Waals surface area (Å²) in [4.78, 5) is 67.6. The molecule has 3 aromatic carbocycles. The molecule has 0 radical (unpaired) electrons. The minimum absolute atomic E-state index is 0.0897. The van der Waals surface area contributed by atoms with Gasteiger partial charge >= 0.3 is 5.97 Å². The second-order valence-electron chi connectivity index (χ2n) is 11.5. The molecule has 0 unspecified atom stereocenters. The minimum atomic E-state index is -1.23. The van der Waals surface area contributed by atoms with Crippen molar-refractivity contribution in [1.82, 2.24) is 26.3 Å². The smallest absolute Gasteiger partial charge is 0.325 e. The highest BCUT2D eigenvalue weighted by Crippen LogP contribution is 2.19. The lowest BCUT2D eigenvalue weighted by Gasteiger charge is -2.25. The molecule has 0 aliphatic heterocycles. The Hall–Kier alpha value is -5.49. The van der Waals surface area contributed by atoms with Crippen LogP contribution in [0.3, 0.4) is 0 Å². The molecule has 4 rings (SSSR count). The molecule has 0 aliphatic carbocycles. The van der Waals surface area contributed by atoms with Gasteiger partial charge in [-0.25, -0.2) is 0 Å². The summed E-state index contributed by atoms with van der Waals surface area (Å²) >= 11 is 0. The summed E-state index contributed by atoms with van der Waals surface area (Å²) in [6, 6.07) is 20.3. The third-order valence-electron chi connectivity index (χ3n) is 7.76. The molecule has 0 bridgehead atoms. The molecule has 5 atom stereocenters. The van der Waals surface area contributed by atoms with Crippen LogP contribution in [0.5, 0.6) is 0 Å². The van der Waals surface area contributed by atoms with Crippen LogP contribution in [0.2, 0.25) is 0 Å². The summed E-state index contributed by atoms with van der Waals surface area (Å²) in [5, 5.41) is 20.6. The summed E-state index contributed by atoms with van der Waals surface area (Å²) in [5.74, 6) is -3.73. The van der Waals surface area contributed by atoms with Crippen LogP contribution < -0.4 is 27.0 Å². The van der Waals surface area contributed by atoms with Crippen molar-refractivity contribution in [1.29, 1.82) is 0 Å². The number of carbonyl (C=O) groups is 5. The van der Waals surface area contributed by atoms with Crippen molar-refractivity contribution in [3.8, 4) is 0 Å². The van der Waals surface area contributed by atoms with E-state index < -0.39 is 59.8 Å². The van der Waals surface area contributed by atoms with Gasteiger partial charge in [-0.05, 0) is 43.0 Å². The molecule has 0 spiro atoms. The number of aromatic nitrogens is 1. The number of para-hydroxylation sites is 1. The summed E-state index contributed by atoms with van der Waals surface area (Å²) in [6.07, 6.45) is 2.27. The Morgan fingerprint density at radius 2 is 1.13 bits per heavy atom. The monoisotopic (exact) mass is 640 g/mol. The fourth-order valence-electron chi connectivity index (χ4n) is 5.08. The van der Waals surface area contributed by atoms with Gasteiger partial charge in [0.1, 0.15) is 24.2 Å². The van der Waals surface area contributed by atoms with E-state index in [0.717, 1.165) is 27.6 Å². The molecule has 12 heteroatoms. The first kappa shape index (κ1) is 34.4. The number of carbonyl (C=O) groups excluding carboxylic acids is 4. The standard InChI is InChI=1S/C35H40N6O6/c1-21(31(42)40-29(17-23-11-5-3-6-12-23)34(45)39-22(2)35(46)47)38-33(44)30(18-24-13-7-4-8-14-24)41-32(43)27(36)19-25-20-37-28-16-10-9-15-26(25)28/h3-16,20-22,27,29-30,37H,17-19,36H2,1-2H3,(H,38,44)(H,39,45)(H,40,42)(H,41,43)(H,46,47)/t21-,22-,27-,29-,30-/m0/s1. The van der Waals surface area contributed by atoms with Gasteiger partial charge in [0, 0.05) is 29.9 Å².